The van der Waals surface area contributed by atoms with Crippen LogP contribution in [0.5, 0.6) is 0 Å². The van der Waals surface area contributed by atoms with Crippen molar-refractivity contribution in [2.24, 2.45) is 0 Å². The van der Waals surface area contributed by atoms with E-state index in [2.05, 4.69) is 20.7 Å². The van der Waals surface area contributed by atoms with Gasteiger partial charge in [-0.2, -0.15) is 0 Å². The number of nitrogens with zero attached hydrogens (tertiary/aromatic N) is 3. The fraction of sp³-hybridized carbons (Fsp3) is 0.250. The van der Waals surface area contributed by atoms with Gasteiger partial charge in [-0.15, -0.1) is 21.5 Å². The molecule has 118 valence electrons. The lowest BCUT2D eigenvalue weighted by Gasteiger charge is -2.00. The monoisotopic (exact) mass is 328 g/mol. The van der Waals surface area contributed by atoms with Crippen molar-refractivity contribution < 1.29 is 9.32 Å². The fourth-order valence-electron chi connectivity index (χ4n) is 2.09. The average Bonchev–Trinajstić information content (AvgIpc) is 3.21. The molecule has 3 aromatic rings. The van der Waals surface area contributed by atoms with Crippen LogP contribution in [0.3, 0.4) is 0 Å². The highest BCUT2D eigenvalue weighted by molar-refractivity contribution is 7.11. The second-order valence-electron chi connectivity index (χ2n) is 5.02. The second-order valence-corrected chi connectivity index (χ2v) is 6.28. The Bertz CT molecular complexity index is 782. The van der Waals surface area contributed by atoms with E-state index >= 15 is 0 Å². The summed E-state index contributed by atoms with van der Waals surface area (Å²) in [6, 6.07) is 11.2. The molecule has 0 bridgehead atoms. The van der Waals surface area contributed by atoms with Crippen molar-refractivity contribution >= 4 is 17.2 Å². The van der Waals surface area contributed by atoms with Crippen molar-refractivity contribution in [2.45, 2.75) is 19.8 Å². The number of aryl methyl sites for hydroxylation is 2. The third-order valence-electron chi connectivity index (χ3n) is 3.22. The van der Waals surface area contributed by atoms with Crippen LogP contribution in [0.1, 0.15) is 26.9 Å². The predicted molar refractivity (Wildman–Crippen MR) is 87.2 cm³/mol. The number of amides is 1. The lowest BCUT2D eigenvalue weighted by atomic mass is 10.1. The number of rotatable bonds is 6. The van der Waals surface area contributed by atoms with Crippen LogP contribution in [0.15, 0.2) is 40.9 Å². The Morgan fingerprint density at radius 2 is 2.09 bits per heavy atom. The molecule has 1 aromatic carbocycles. The third kappa shape index (κ3) is 4.01. The largest absolute Gasteiger partial charge is 0.355 e. The number of hydrogen-bond acceptors (Lipinski definition) is 6. The van der Waals surface area contributed by atoms with E-state index in [1.54, 1.807) is 17.4 Å². The molecule has 0 aliphatic heterocycles. The molecule has 0 unspecified atom stereocenters. The highest BCUT2D eigenvalue weighted by Gasteiger charge is 2.13. The van der Waals surface area contributed by atoms with Gasteiger partial charge in [-0.1, -0.05) is 35.5 Å². The summed E-state index contributed by atoms with van der Waals surface area (Å²) < 4.78 is 5.22. The van der Waals surface area contributed by atoms with Gasteiger partial charge in [-0.3, -0.25) is 4.79 Å². The maximum absolute atomic E-state index is 12.0. The molecule has 0 aliphatic rings. The number of hydrogen-bond donors (Lipinski definition) is 1. The summed E-state index contributed by atoms with van der Waals surface area (Å²) >= 11 is 1.58. The maximum Gasteiger partial charge on any atom is 0.273 e. The minimum Gasteiger partial charge on any atom is -0.355 e. The van der Waals surface area contributed by atoms with E-state index in [1.807, 2.05) is 37.3 Å². The van der Waals surface area contributed by atoms with E-state index in [1.165, 1.54) is 0 Å². The summed E-state index contributed by atoms with van der Waals surface area (Å²) in [4.78, 5) is 12.0. The Morgan fingerprint density at radius 1 is 1.26 bits per heavy atom. The summed E-state index contributed by atoms with van der Waals surface area (Å²) in [6.07, 6.45) is 1.61. The third-order valence-corrected chi connectivity index (χ3v) is 4.12. The number of benzene rings is 1. The fourth-order valence-corrected chi connectivity index (χ4v) is 2.84. The Balaban J connectivity index is 1.50. The standard InChI is InChI=1S/C16H16N4O2S/c1-11-18-19-15(23-11)8-5-9-17-16(21)13-10-14(22-20-13)12-6-3-2-4-7-12/h2-4,6-7,10H,5,8-9H2,1H3,(H,17,21). The maximum atomic E-state index is 12.0. The molecule has 0 saturated heterocycles. The first-order valence-corrected chi connectivity index (χ1v) is 8.13. The van der Waals surface area contributed by atoms with E-state index in [9.17, 15) is 4.79 Å². The lowest BCUT2D eigenvalue weighted by molar-refractivity contribution is 0.0944. The van der Waals surface area contributed by atoms with Crippen molar-refractivity contribution in [3.05, 3.63) is 52.1 Å². The van der Waals surface area contributed by atoms with Gasteiger partial charge in [0.2, 0.25) is 0 Å². The zero-order valence-electron chi connectivity index (χ0n) is 12.7. The molecule has 2 aromatic heterocycles. The molecule has 0 spiro atoms. The van der Waals surface area contributed by atoms with Gasteiger partial charge in [0.1, 0.15) is 10.0 Å². The number of carbonyl (C=O) groups is 1. The molecule has 0 atom stereocenters. The molecule has 1 amide bonds. The summed E-state index contributed by atoms with van der Waals surface area (Å²) in [5.41, 5.74) is 1.18. The molecule has 0 saturated carbocycles. The minimum absolute atomic E-state index is 0.232. The molecule has 1 N–H and O–H groups in total. The summed E-state index contributed by atoms with van der Waals surface area (Å²) in [6.45, 7) is 2.49. The summed E-state index contributed by atoms with van der Waals surface area (Å²) in [7, 11) is 0. The van der Waals surface area contributed by atoms with E-state index < -0.39 is 0 Å². The molecule has 0 aliphatic carbocycles. The Kier molecular flexibility index (Phi) is 4.77. The number of nitrogens with one attached hydrogen (secondary N) is 1. The van der Waals surface area contributed by atoms with Crippen molar-refractivity contribution in [3.8, 4) is 11.3 Å². The number of carbonyl (C=O) groups excluding carboxylic acids is 1. The molecule has 7 heteroatoms. The Morgan fingerprint density at radius 3 is 2.83 bits per heavy atom. The van der Waals surface area contributed by atoms with Crippen LogP contribution in [0.4, 0.5) is 0 Å². The normalized spacial score (nSPS) is 10.7. The van der Waals surface area contributed by atoms with Crippen LogP contribution in [0, 0.1) is 6.92 Å². The van der Waals surface area contributed by atoms with Gasteiger partial charge in [0, 0.05) is 24.6 Å². The van der Waals surface area contributed by atoms with E-state index in [0.29, 0.717) is 12.3 Å². The SMILES string of the molecule is Cc1nnc(CCCNC(=O)c2cc(-c3ccccc3)on2)s1. The highest BCUT2D eigenvalue weighted by atomic mass is 32.1. The first-order chi connectivity index (χ1) is 11.2. The van der Waals surface area contributed by atoms with Gasteiger partial charge in [-0.05, 0) is 13.3 Å². The topological polar surface area (TPSA) is 80.9 Å². The first-order valence-electron chi connectivity index (χ1n) is 7.32. The van der Waals surface area contributed by atoms with Crippen molar-refractivity contribution in [3.63, 3.8) is 0 Å². The van der Waals surface area contributed by atoms with Crippen LogP contribution in [0.2, 0.25) is 0 Å². The van der Waals surface area contributed by atoms with Crippen molar-refractivity contribution in [2.75, 3.05) is 6.54 Å². The van der Waals surface area contributed by atoms with E-state index in [4.69, 9.17) is 4.52 Å². The zero-order valence-corrected chi connectivity index (χ0v) is 13.5. The van der Waals surface area contributed by atoms with E-state index in [-0.39, 0.29) is 11.6 Å². The number of aromatic nitrogens is 3. The van der Waals surface area contributed by atoms with Crippen LogP contribution in [-0.4, -0.2) is 27.8 Å². The second kappa shape index (κ2) is 7.15. The molecular formula is C16H16N4O2S. The van der Waals surface area contributed by atoms with Crippen LogP contribution < -0.4 is 5.32 Å². The lowest BCUT2D eigenvalue weighted by Crippen LogP contribution is -2.25. The van der Waals surface area contributed by atoms with Crippen LogP contribution in [-0.2, 0) is 6.42 Å². The predicted octanol–water partition coefficient (Wildman–Crippen LogP) is 2.86. The van der Waals surface area contributed by atoms with Gasteiger partial charge in [0.25, 0.3) is 5.91 Å². The minimum atomic E-state index is -0.232. The Labute approximate surface area is 137 Å². The molecular weight excluding hydrogens is 312 g/mol. The van der Waals surface area contributed by atoms with Gasteiger partial charge in [0.15, 0.2) is 11.5 Å². The average molecular weight is 328 g/mol. The van der Waals surface area contributed by atoms with Crippen molar-refractivity contribution in [1.29, 1.82) is 0 Å². The summed E-state index contributed by atoms with van der Waals surface area (Å²) in [5, 5.41) is 16.6. The highest BCUT2D eigenvalue weighted by Crippen LogP contribution is 2.19. The smallest absolute Gasteiger partial charge is 0.273 e. The molecule has 3 rings (SSSR count). The Hall–Kier alpha value is -2.54. The van der Waals surface area contributed by atoms with Crippen molar-refractivity contribution in [1.82, 2.24) is 20.7 Å². The van der Waals surface area contributed by atoms with Gasteiger partial charge >= 0.3 is 0 Å². The van der Waals surface area contributed by atoms with Gasteiger partial charge in [-0.25, -0.2) is 0 Å². The molecule has 2 heterocycles. The van der Waals surface area contributed by atoms with Crippen LogP contribution >= 0.6 is 11.3 Å². The van der Waals surface area contributed by atoms with Gasteiger partial charge < -0.3 is 9.84 Å². The zero-order chi connectivity index (χ0) is 16.1. The van der Waals surface area contributed by atoms with Gasteiger partial charge in [0.05, 0.1) is 0 Å². The first kappa shape index (κ1) is 15.4. The molecule has 0 radical (unpaired) electrons. The molecule has 0 fully saturated rings. The quantitative estimate of drug-likeness (QED) is 0.704. The van der Waals surface area contributed by atoms with Crippen LogP contribution in [0.25, 0.3) is 11.3 Å². The molecule has 6 nitrogen and oxygen atoms in total. The summed E-state index contributed by atoms with van der Waals surface area (Å²) in [5.74, 6) is 0.351. The van der Waals surface area contributed by atoms with E-state index in [0.717, 1.165) is 28.4 Å². The molecule has 23 heavy (non-hydrogen) atoms.